The standard InChI is InChI=1S/C12H15N.C2H6/c1-9(2)8-10-4-3-5-12-11(10)6-7-13-12;1-2/h3-7,9,13H,8H2,1-2H3;1-2H3. The Balaban J connectivity index is 0.000000531. The van der Waals surface area contributed by atoms with Gasteiger partial charge in [0.15, 0.2) is 0 Å². The number of hydrogen-bond acceptors (Lipinski definition) is 0. The highest BCUT2D eigenvalue weighted by Gasteiger charge is 2.02. The Hall–Kier alpha value is -1.24. The minimum atomic E-state index is 0.723. The molecule has 1 N–H and O–H groups in total. The normalized spacial score (nSPS) is 10.2. The van der Waals surface area contributed by atoms with Gasteiger partial charge in [0.2, 0.25) is 0 Å². The second-order valence-corrected chi connectivity index (χ2v) is 3.95. The Morgan fingerprint density at radius 1 is 1.13 bits per heavy atom. The average Bonchev–Trinajstić information content (AvgIpc) is 2.69. The smallest absolute Gasteiger partial charge is 0.0456 e. The third kappa shape index (κ3) is 2.85. The molecule has 0 saturated carbocycles. The van der Waals surface area contributed by atoms with Crippen LogP contribution in [0.4, 0.5) is 0 Å². The van der Waals surface area contributed by atoms with Gasteiger partial charge in [0.25, 0.3) is 0 Å². The predicted octanol–water partition coefficient (Wildman–Crippen LogP) is 4.39. The van der Waals surface area contributed by atoms with Gasteiger partial charge in [0, 0.05) is 17.1 Å². The molecule has 0 unspecified atom stereocenters. The zero-order chi connectivity index (χ0) is 11.3. The lowest BCUT2D eigenvalue weighted by molar-refractivity contribution is 0.650. The van der Waals surface area contributed by atoms with Crippen LogP contribution >= 0.6 is 0 Å². The molecule has 82 valence electrons. The van der Waals surface area contributed by atoms with Crippen LogP contribution in [0.2, 0.25) is 0 Å². The maximum absolute atomic E-state index is 3.23. The number of aromatic nitrogens is 1. The Bertz CT molecular complexity index is 398. The van der Waals surface area contributed by atoms with E-state index in [1.165, 1.54) is 16.5 Å². The number of rotatable bonds is 2. The zero-order valence-corrected chi connectivity index (χ0v) is 10.2. The molecule has 0 radical (unpaired) electrons. The average molecular weight is 203 g/mol. The Morgan fingerprint density at radius 2 is 1.87 bits per heavy atom. The quantitative estimate of drug-likeness (QED) is 0.745. The predicted molar refractivity (Wildman–Crippen MR) is 68.2 cm³/mol. The summed E-state index contributed by atoms with van der Waals surface area (Å²) in [6.07, 6.45) is 3.17. The van der Waals surface area contributed by atoms with E-state index in [9.17, 15) is 0 Å². The van der Waals surface area contributed by atoms with Crippen LogP contribution in [-0.2, 0) is 6.42 Å². The third-order valence-electron chi connectivity index (χ3n) is 2.31. The highest BCUT2D eigenvalue weighted by molar-refractivity contribution is 5.82. The van der Waals surface area contributed by atoms with Crippen LogP contribution in [-0.4, -0.2) is 4.98 Å². The van der Waals surface area contributed by atoms with Crippen molar-refractivity contribution in [3.05, 3.63) is 36.0 Å². The van der Waals surface area contributed by atoms with Crippen molar-refractivity contribution < 1.29 is 0 Å². The van der Waals surface area contributed by atoms with Crippen LogP contribution in [0.5, 0.6) is 0 Å². The van der Waals surface area contributed by atoms with Crippen molar-refractivity contribution in [2.24, 2.45) is 5.92 Å². The number of nitrogens with one attached hydrogen (secondary N) is 1. The zero-order valence-electron chi connectivity index (χ0n) is 10.2. The van der Waals surface area contributed by atoms with Crippen LogP contribution in [0.3, 0.4) is 0 Å². The molecule has 0 saturated heterocycles. The first-order chi connectivity index (χ1) is 7.27. The third-order valence-corrected chi connectivity index (χ3v) is 2.31. The van der Waals surface area contributed by atoms with E-state index in [-0.39, 0.29) is 0 Å². The second kappa shape index (κ2) is 5.59. The van der Waals surface area contributed by atoms with Crippen LogP contribution in [0, 0.1) is 5.92 Å². The van der Waals surface area contributed by atoms with Crippen LogP contribution in [0.25, 0.3) is 10.9 Å². The molecule has 0 fully saturated rings. The molecule has 0 aliphatic carbocycles. The molecule has 1 aromatic carbocycles. The molecule has 0 aliphatic rings. The van der Waals surface area contributed by atoms with Gasteiger partial charge in [-0.15, -0.1) is 0 Å². The fourth-order valence-corrected chi connectivity index (χ4v) is 1.77. The molecule has 1 aromatic heterocycles. The number of aromatic amines is 1. The summed E-state index contributed by atoms with van der Waals surface area (Å²) in [7, 11) is 0. The lowest BCUT2D eigenvalue weighted by Crippen LogP contribution is -1.93. The summed E-state index contributed by atoms with van der Waals surface area (Å²) in [5.74, 6) is 0.723. The van der Waals surface area contributed by atoms with E-state index in [1.807, 2.05) is 20.0 Å². The Kier molecular flexibility index (Phi) is 4.41. The lowest BCUT2D eigenvalue weighted by atomic mass is 10.00. The molecular formula is C14H21N. The maximum Gasteiger partial charge on any atom is 0.0456 e. The maximum atomic E-state index is 3.23. The van der Waals surface area contributed by atoms with Crippen LogP contribution < -0.4 is 0 Å². The van der Waals surface area contributed by atoms with E-state index in [0.717, 1.165) is 12.3 Å². The summed E-state index contributed by atoms with van der Waals surface area (Å²) in [6.45, 7) is 8.51. The van der Waals surface area contributed by atoms with E-state index in [0.29, 0.717) is 0 Å². The van der Waals surface area contributed by atoms with Crippen molar-refractivity contribution in [1.82, 2.24) is 4.98 Å². The van der Waals surface area contributed by atoms with Gasteiger partial charge in [0.1, 0.15) is 0 Å². The molecule has 15 heavy (non-hydrogen) atoms. The van der Waals surface area contributed by atoms with Gasteiger partial charge in [-0.2, -0.15) is 0 Å². The largest absolute Gasteiger partial charge is 0.361 e. The Labute approximate surface area is 92.5 Å². The van der Waals surface area contributed by atoms with Crippen LogP contribution in [0.1, 0.15) is 33.3 Å². The molecule has 0 aliphatic heterocycles. The molecule has 1 nitrogen and oxygen atoms in total. The molecule has 2 aromatic rings. The topological polar surface area (TPSA) is 15.8 Å². The summed E-state index contributed by atoms with van der Waals surface area (Å²) in [5.41, 5.74) is 2.70. The first-order valence-electron chi connectivity index (χ1n) is 5.82. The number of fused-ring (bicyclic) bond motifs is 1. The summed E-state index contributed by atoms with van der Waals surface area (Å²) in [4.78, 5) is 3.23. The summed E-state index contributed by atoms with van der Waals surface area (Å²) in [5, 5.41) is 1.37. The van der Waals surface area contributed by atoms with Crippen molar-refractivity contribution in [1.29, 1.82) is 0 Å². The molecule has 2 rings (SSSR count). The van der Waals surface area contributed by atoms with Gasteiger partial charge in [0.05, 0.1) is 0 Å². The van der Waals surface area contributed by atoms with Crippen molar-refractivity contribution >= 4 is 10.9 Å². The lowest BCUT2D eigenvalue weighted by Gasteiger charge is -2.05. The highest BCUT2D eigenvalue weighted by atomic mass is 14.7. The number of hydrogen-bond donors (Lipinski definition) is 1. The minimum absolute atomic E-state index is 0.723. The fourth-order valence-electron chi connectivity index (χ4n) is 1.77. The van der Waals surface area contributed by atoms with Crippen LogP contribution in [0.15, 0.2) is 30.5 Å². The second-order valence-electron chi connectivity index (χ2n) is 3.95. The van der Waals surface area contributed by atoms with Crippen molar-refractivity contribution in [3.8, 4) is 0 Å². The molecule has 1 heterocycles. The van der Waals surface area contributed by atoms with Gasteiger partial charge in [-0.25, -0.2) is 0 Å². The Morgan fingerprint density at radius 3 is 2.53 bits per heavy atom. The molecule has 0 atom stereocenters. The number of benzene rings is 1. The SMILES string of the molecule is CC.CC(C)Cc1cccc2[nH]ccc12. The molecule has 0 spiro atoms. The van der Waals surface area contributed by atoms with Gasteiger partial charge < -0.3 is 4.98 Å². The van der Waals surface area contributed by atoms with Gasteiger partial charge in [-0.05, 0) is 30.0 Å². The van der Waals surface area contributed by atoms with Crippen molar-refractivity contribution in [2.75, 3.05) is 0 Å². The first-order valence-corrected chi connectivity index (χ1v) is 5.82. The van der Waals surface area contributed by atoms with E-state index >= 15 is 0 Å². The fraction of sp³-hybridized carbons (Fsp3) is 0.429. The number of H-pyrrole nitrogens is 1. The summed E-state index contributed by atoms with van der Waals surface area (Å²) < 4.78 is 0. The first kappa shape index (κ1) is 11.8. The van der Waals surface area contributed by atoms with E-state index in [2.05, 4.69) is 43.1 Å². The van der Waals surface area contributed by atoms with Crippen molar-refractivity contribution in [2.45, 2.75) is 34.1 Å². The highest BCUT2D eigenvalue weighted by Crippen LogP contribution is 2.19. The molecular weight excluding hydrogens is 182 g/mol. The van der Waals surface area contributed by atoms with Gasteiger partial charge >= 0.3 is 0 Å². The minimum Gasteiger partial charge on any atom is -0.361 e. The molecule has 0 bridgehead atoms. The van der Waals surface area contributed by atoms with E-state index in [4.69, 9.17) is 0 Å². The van der Waals surface area contributed by atoms with E-state index in [1.54, 1.807) is 0 Å². The van der Waals surface area contributed by atoms with Crippen molar-refractivity contribution in [3.63, 3.8) is 0 Å². The van der Waals surface area contributed by atoms with Gasteiger partial charge in [-0.3, -0.25) is 0 Å². The monoisotopic (exact) mass is 203 g/mol. The summed E-state index contributed by atoms with van der Waals surface area (Å²) >= 11 is 0. The van der Waals surface area contributed by atoms with E-state index < -0.39 is 0 Å². The molecule has 1 heteroatoms. The summed E-state index contributed by atoms with van der Waals surface area (Å²) in [6, 6.07) is 8.62. The molecule has 0 amide bonds. The van der Waals surface area contributed by atoms with Gasteiger partial charge in [-0.1, -0.05) is 39.8 Å².